The van der Waals surface area contributed by atoms with Gasteiger partial charge in [0.2, 0.25) is 0 Å². The Hall–Kier alpha value is -0.803. The maximum Gasteiger partial charge on any atom is 0.278 e. The van der Waals surface area contributed by atoms with E-state index in [1.54, 1.807) is 0 Å². The molecule has 0 N–H and O–H groups in total. The zero-order valence-electron chi connectivity index (χ0n) is 9.33. The second-order valence-electron chi connectivity index (χ2n) is 4.24. The minimum Gasteiger partial charge on any atom is -0.455 e. The van der Waals surface area contributed by atoms with Crippen LogP contribution in [0.3, 0.4) is 0 Å². The van der Waals surface area contributed by atoms with Gasteiger partial charge in [0.25, 0.3) is 8.32 Å². The van der Waals surface area contributed by atoms with Gasteiger partial charge in [0.15, 0.2) is 0 Å². The highest BCUT2D eigenvalue weighted by molar-refractivity contribution is 6.69. The van der Waals surface area contributed by atoms with Gasteiger partial charge >= 0.3 is 0 Å². The van der Waals surface area contributed by atoms with E-state index in [9.17, 15) is 0 Å². The molecule has 0 amide bonds. The highest BCUT2D eigenvalue weighted by Gasteiger charge is 2.16. The summed E-state index contributed by atoms with van der Waals surface area (Å²) >= 11 is 5.84. The van der Waals surface area contributed by atoms with Crippen LogP contribution in [-0.2, 0) is 4.53 Å². The average Bonchev–Trinajstić information content (AvgIpc) is 2.19. The van der Waals surface area contributed by atoms with Crippen LogP contribution in [0.4, 0.5) is 0 Å². The minimum absolute atomic E-state index is 0.370. The second kappa shape index (κ2) is 5.33. The number of nitrogens with zero attached hydrogens (tertiary/aromatic N) is 1. The molecule has 0 unspecified atom stereocenters. The second-order valence-corrected chi connectivity index (χ2v) is 8.92. The molecule has 0 aliphatic carbocycles. The van der Waals surface area contributed by atoms with Gasteiger partial charge in [-0.25, -0.2) is 0 Å². The quantitative estimate of drug-likeness (QED) is 0.342. The molecule has 15 heavy (non-hydrogen) atoms. The van der Waals surface area contributed by atoms with Crippen LogP contribution >= 0.6 is 11.6 Å². The third kappa shape index (κ3) is 4.49. The van der Waals surface area contributed by atoms with E-state index in [4.69, 9.17) is 16.1 Å². The number of oxime groups is 1. The van der Waals surface area contributed by atoms with Gasteiger partial charge in [0.1, 0.15) is 5.71 Å². The molecule has 1 aromatic rings. The molecule has 0 aliphatic heterocycles. The topological polar surface area (TPSA) is 21.6 Å². The van der Waals surface area contributed by atoms with E-state index in [-0.39, 0.29) is 0 Å². The predicted octanol–water partition coefficient (Wildman–Crippen LogP) is 3.48. The van der Waals surface area contributed by atoms with Crippen LogP contribution < -0.4 is 0 Å². The van der Waals surface area contributed by atoms with Crippen molar-refractivity contribution in [2.75, 3.05) is 5.88 Å². The van der Waals surface area contributed by atoms with Crippen molar-refractivity contribution in [3.8, 4) is 0 Å². The van der Waals surface area contributed by atoms with Gasteiger partial charge in [-0.15, -0.1) is 16.8 Å². The SMILES string of the molecule is C[Si](C)(C)O/N=C(\CCl)c1ccccc1. The summed E-state index contributed by atoms with van der Waals surface area (Å²) < 4.78 is 5.48. The Labute approximate surface area is 97.0 Å². The summed E-state index contributed by atoms with van der Waals surface area (Å²) in [4.78, 5) is 0. The van der Waals surface area contributed by atoms with Crippen LogP contribution in [0.15, 0.2) is 35.5 Å². The Balaban J connectivity index is 2.81. The van der Waals surface area contributed by atoms with Crippen LogP contribution in [0.1, 0.15) is 5.56 Å². The molecule has 0 atom stereocenters. The number of alkyl halides is 1. The van der Waals surface area contributed by atoms with E-state index in [0.717, 1.165) is 11.3 Å². The van der Waals surface area contributed by atoms with Gasteiger partial charge in [-0.3, -0.25) is 0 Å². The van der Waals surface area contributed by atoms with E-state index in [1.165, 1.54) is 0 Å². The fraction of sp³-hybridized carbons (Fsp3) is 0.364. The molecule has 0 heterocycles. The first-order valence-electron chi connectivity index (χ1n) is 4.89. The van der Waals surface area contributed by atoms with E-state index < -0.39 is 8.32 Å². The third-order valence-corrected chi connectivity index (χ3v) is 2.56. The zero-order chi connectivity index (χ0) is 11.3. The van der Waals surface area contributed by atoms with Crippen molar-refractivity contribution in [1.82, 2.24) is 0 Å². The number of hydrogen-bond donors (Lipinski definition) is 0. The molecule has 0 aromatic heterocycles. The number of hydrogen-bond acceptors (Lipinski definition) is 2. The number of benzene rings is 1. The normalized spacial score (nSPS) is 12.7. The van der Waals surface area contributed by atoms with Gasteiger partial charge in [-0.1, -0.05) is 30.3 Å². The highest BCUT2D eigenvalue weighted by Crippen LogP contribution is 2.07. The predicted molar refractivity (Wildman–Crippen MR) is 68.1 cm³/mol. The van der Waals surface area contributed by atoms with Crippen LogP contribution in [0.2, 0.25) is 19.6 Å². The van der Waals surface area contributed by atoms with Crippen LogP contribution in [0, 0.1) is 0 Å². The summed E-state index contributed by atoms with van der Waals surface area (Å²) in [5, 5.41) is 4.13. The fourth-order valence-electron chi connectivity index (χ4n) is 0.977. The molecule has 4 heteroatoms. The van der Waals surface area contributed by atoms with Crippen LogP contribution in [-0.4, -0.2) is 19.9 Å². The first-order valence-corrected chi connectivity index (χ1v) is 8.83. The van der Waals surface area contributed by atoms with Crippen molar-refractivity contribution in [2.24, 2.45) is 5.16 Å². The van der Waals surface area contributed by atoms with Crippen LogP contribution in [0.5, 0.6) is 0 Å². The summed E-state index contributed by atoms with van der Waals surface area (Å²) in [5.41, 5.74) is 1.81. The average molecular weight is 242 g/mol. The van der Waals surface area contributed by atoms with Gasteiger partial charge in [-0.05, 0) is 19.6 Å². The van der Waals surface area contributed by atoms with Crippen molar-refractivity contribution in [3.63, 3.8) is 0 Å². The molecule has 0 saturated carbocycles. The summed E-state index contributed by atoms with van der Waals surface area (Å²) in [6.07, 6.45) is 0. The van der Waals surface area contributed by atoms with Gasteiger partial charge in [0.05, 0.1) is 5.88 Å². The van der Waals surface area contributed by atoms with Crippen molar-refractivity contribution < 1.29 is 4.53 Å². The Bertz CT molecular complexity index is 332. The molecule has 82 valence electrons. The Morgan fingerprint density at radius 2 is 1.87 bits per heavy atom. The van der Waals surface area contributed by atoms with Crippen molar-refractivity contribution >= 4 is 25.6 Å². The summed E-state index contributed by atoms with van der Waals surface area (Å²) in [6, 6.07) is 9.86. The molecule has 2 nitrogen and oxygen atoms in total. The van der Waals surface area contributed by atoms with E-state index in [0.29, 0.717) is 5.88 Å². The van der Waals surface area contributed by atoms with Crippen molar-refractivity contribution in [1.29, 1.82) is 0 Å². The lowest BCUT2D eigenvalue weighted by atomic mass is 10.1. The number of rotatable bonds is 4. The van der Waals surface area contributed by atoms with Gasteiger partial charge in [0, 0.05) is 5.56 Å². The summed E-state index contributed by atoms with van der Waals surface area (Å²) in [5.74, 6) is 0.370. The lowest BCUT2D eigenvalue weighted by Crippen LogP contribution is -2.23. The van der Waals surface area contributed by atoms with E-state index in [2.05, 4.69) is 24.8 Å². The summed E-state index contributed by atoms with van der Waals surface area (Å²) in [6.45, 7) is 6.27. The standard InChI is InChI=1S/C11H16ClNOSi/c1-15(2,3)14-13-11(9-12)10-7-5-4-6-8-10/h4-8H,9H2,1-3H3/b13-11+. The lowest BCUT2D eigenvalue weighted by molar-refractivity contribution is 0.335. The largest absolute Gasteiger partial charge is 0.455 e. The Morgan fingerprint density at radius 1 is 1.27 bits per heavy atom. The van der Waals surface area contributed by atoms with Gasteiger partial charge in [-0.2, -0.15) is 0 Å². The van der Waals surface area contributed by atoms with E-state index in [1.807, 2.05) is 30.3 Å². The minimum atomic E-state index is -1.62. The fourth-order valence-corrected chi connectivity index (χ4v) is 1.56. The molecule has 1 aromatic carbocycles. The maximum absolute atomic E-state index is 5.84. The van der Waals surface area contributed by atoms with Crippen molar-refractivity contribution in [3.05, 3.63) is 35.9 Å². The summed E-state index contributed by atoms with van der Waals surface area (Å²) in [7, 11) is -1.62. The molecule has 0 spiro atoms. The van der Waals surface area contributed by atoms with Gasteiger partial charge < -0.3 is 4.53 Å². The molecular weight excluding hydrogens is 226 g/mol. The Kier molecular flexibility index (Phi) is 4.36. The zero-order valence-corrected chi connectivity index (χ0v) is 11.1. The van der Waals surface area contributed by atoms with E-state index >= 15 is 0 Å². The molecule has 0 aliphatic rings. The number of halogens is 1. The Morgan fingerprint density at radius 3 is 2.33 bits per heavy atom. The first-order chi connectivity index (χ1) is 7.03. The molecule has 1 rings (SSSR count). The van der Waals surface area contributed by atoms with Crippen LogP contribution in [0.25, 0.3) is 0 Å². The highest BCUT2D eigenvalue weighted by atomic mass is 35.5. The van der Waals surface area contributed by atoms with Crippen molar-refractivity contribution in [2.45, 2.75) is 19.6 Å². The lowest BCUT2D eigenvalue weighted by Gasteiger charge is -2.14. The molecule has 0 saturated heterocycles. The molecule has 0 radical (unpaired) electrons. The monoisotopic (exact) mass is 241 g/mol. The molecule has 0 fully saturated rings. The maximum atomic E-state index is 5.84. The molecule has 0 bridgehead atoms. The third-order valence-electron chi connectivity index (χ3n) is 1.66. The molecular formula is C11H16ClNOSi. The smallest absolute Gasteiger partial charge is 0.278 e. The first kappa shape index (κ1) is 12.3.